The molecule has 1 aromatic rings. The number of aliphatic hydroxyl groups is 2. The highest BCUT2D eigenvalue weighted by Crippen LogP contribution is 2.19. The van der Waals surface area contributed by atoms with Crippen molar-refractivity contribution in [3.63, 3.8) is 0 Å². The van der Waals surface area contributed by atoms with E-state index in [-0.39, 0.29) is 18.1 Å². The van der Waals surface area contributed by atoms with E-state index in [1.807, 2.05) is 0 Å². The Labute approximate surface area is 113 Å². The second-order valence-electron chi connectivity index (χ2n) is 4.81. The van der Waals surface area contributed by atoms with Crippen LogP contribution < -0.4 is 5.32 Å². The Kier molecular flexibility index (Phi) is 4.92. The fraction of sp³-hybridized carbons (Fsp3) is 0.500. The van der Waals surface area contributed by atoms with E-state index >= 15 is 0 Å². The number of hydrogen-bond donors (Lipinski definition) is 3. The van der Waals surface area contributed by atoms with Gasteiger partial charge in [-0.3, -0.25) is 0 Å². The van der Waals surface area contributed by atoms with Crippen LogP contribution in [0.2, 0.25) is 0 Å². The van der Waals surface area contributed by atoms with Gasteiger partial charge in [-0.15, -0.1) is 0 Å². The molecule has 0 spiro atoms. The third kappa shape index (κ3) is 3.66. The molecule has 3 N–H and O–H groups in total. The molecule has 0 saturated heterocycles. The molecule has 6 nitrogen and oxygen atoms in total. The van der Waals surface area contributed by atoms with Crippen LogP contribution in [0.5, 0.6) is 0 Å². The largest absolute Gasteiger partial charge is 0.394 e. The van der Waals surface area contributed by atoms with E-state index in [9.17, 15) is 18.6 Å². The van der Waals surface area contributed by atoms with E-state index in [1.54, 1.807) is 19.1 Å². The summed E-state index contributed by atoms with van der Waals surface area (Å²) in [7, 11) is -0.505. The highest BCUT2D eigenvalue weighted by molar-refractivity contribution is 7.89. The highest BCUT2D eigenvalue weighted by Gasteiger charge is 2.22. The van der Waals surface area contributed by atoms with Crippen molar-refractivity contribution in [2.24, 2.45) is 0 Å². The van der Waals surface area contributed by atoms with E-state index in [4.69, 9.17) is 0 Å². The standard InChI is InChI=1S/C12H20N2O4S/c1-12(8-15,9-16)13-10-4-6-11(7-5-10)19(17,18)14(2)3/h4-7,13,15-16H,8-9H2,1-3H3. The van der Waals surface area contributed by atoms with Crippen LogP contribution in [-0.4, -0.2) is 55.8 Å². The Hall–Kier alpha value is -1.15. The monoisotopic (exact) mass is 288 g/mol. The van der Waals surface area contributed by atoms with Gasteiger partial charge in [-0.25, -0.2) is 12.7 Å². The summed E-state index contributed by atoms with van der Waals surface area (Å²) >= 11 is 0. The molecule has 0 bridgehead atoms. The van der Waals surface area contributed by atoms with E-state index in [0.717, 1.165) is 4.31 Å². The molecule has 1 aromatic carbocycles. The number of nitrogens with one attached hydrogen (secondary N) is 1. The van der Waals surface area contributed by atoms with E-state index in [2.05, 4.69) is 5.32 Å². The quantitative estimate of drug-likeness (QED) is 0.690. The van der Waals surface area contributed by atoms with Gasteiger partial charge in [0.2, 0.25) is 10.0 Å². The lowest BCUT2D eigenvalue weighted by Crippen LogP contribution is -2.42. The minimum Gasteiger partial charge on any atom is -0.394 e. The molecule has 0 unspecified atom stereocenters. The number of rotatable bonds is 6. The van der Waals surface area contributed by atoms with Crippen molar-refractivity contribution < 1.29 is 18.6 Å². The SMILES string of the molecule is CN(C)S(=O)(=O)c1ccc(NC(C)(CO)CO)cc1. The fourth-order valence-electron chi connectivity index (χ4n) is 1.40. The zero-order valence-corrected chi connectivity index (χ0v) is 12.1. The van der Waals surface area contributed by atoms with Gasteiger partial charge in [0.25, 0.3) is 0 Å². The van der Waals surface area contributed by atoms with Crippen LogP contribution in [0.3, 0.4) is 0 Å². The first-order chi connectivity index (χ1) is 8.75. The van der Waals surface area contributed by atoms with Crippen LogP contribution in [0.15, 0.2) is 29.2 Å². The molecule has 0 aliphatic carbocycles. The average Bonchev–Trinajstić information content (AvgIpc) is 2.39. The maximum atomic E-state index is 11.9. The third-order valence-electron chi connectivity index (χ3n) is 2.78. The van der Waals surface area contributed by atoms with Gasteiger partial charge in [0.05, 0.1) is 23.6 Å². The third-order valence-corrected chi connectivity index (χ3v) is 4.61. The van der Waals surface area contributed by atoms with E-state index < -0.39 is 15.6 Å². The van der Waals surface area contributed by atoms with Crippen molar-refractivity contribution in [3.05, 3.63) is 24.3 Å². The summed E-state index contributed by atoms with van der Waals surface area (Å²) in [6.07, 6.45) is 0. The van der Waals surface area contributed by atoms with Crippen LogP contribution in [0.25, 0.3) is 0 Å². The molecule has 0 aliphatic rings. The molecule has 0 fully saturated rings. The highest BCUT2D eigenvalue weighted by atomic mass is 32.2. The molecule has 0 amide bonds. The van der Waals surface area contributed by atoms with Gasteiger partial charge >= 0.3 is 0 Å². The molecule has 0 atom stereocenters. The molecular weight excluding hydrogens is 268 g/mol. The zero-order valence-electron chi connectivity index (χ0n) is 11.3. The van der Waals surface area contributed by atoms with Crippen molar-refractivity contribution in [1.29, 1.82) is 0 Å². The summed E-state index contributed by atoms with van der Waals surface area (Å²) in [5, 5.41) is 21.3. The van der Waals surface area contributed by atoms with Crippen LogP contribution in [0, 0.1) is 0 Å². The molecule has 0 saturated carbocycles. The summed E-state index contributed by atoms with van der Waals surface area (Å²) in [6.45, 7) is 1.19. The first-order valence-corrected chi connectivity index (χ1v) is 7.22. The van der Waals surface area contributed by atoms with Gasteiger partial charge in [0.1, 0.15) is 0 Å². The molecule has 7 heteroatoms. The summed E-state index contributed by atoms with van der Waals surface area (Å²) < 4.78 is 24.9. The molecule has 0 aliphatic heterocycles. The van der Waals surface area contributed by atoms with Crippen LogP contribution in [0.4, 0.5) is 5.69 Å². The first kappa shape index (κ1) is 15.9. The Morgan fingerprint density at radius 1 is 1.16 bits per heavy atom. The predicted octanol–water partition coefficient (Wildman–Crippen LogP) is 0.0921. The maximum Gasteiger partial charge on any atom is 0.242 e. The second kappa shape index (κ2) is 5.87. The number of anilines is 1. The van der Waals surface area contributed by atoms with Crippen molar-refractivity contribution >= 4 is 15.7 Å². The Morgan fingerprint density at radius 2 is 1.63 bits per heavy atom. The van der Waals surface area contributed by atoms with Crippen molar-refractivity contribution in [2.45, 2.75) is 17.4 Å². The average molecular weight is 288 g/mol. The molecule has 0 aromatic heterocycles. The van der Waals surface area contributed by atoms with Gasteiger partial charge in [-0.2, -0.15) is 0 Å². The molecular formula is C12H20N2O4S. The topological polar surface area (TPSA) is 89.9 Å². The molecule has 19 heavy (non-hydrogen) atoms. The van der Waals surface area contributed by atoms with Crippen LogP contribution in [0.1, 0.15) is 6.92 Å². The van der Waals surface area contributed by atoms with Gasteiger partial charge in [-0.05, 0) is 31.2 Å². The number of sulfonamides is 1. The maximum absolute atomic E-state index is 11.9. The summed E-state index contributed by atoms with van der Waals surface area (Å²) in [5.74, 6) is 0. The van der Waals surface area contributed by atoms with E-state index in [1.165, 1.54) is 26.2 Å². The molecule has 108 valence electrons. The van der Waals surface area contributed by atoms with Crippen molar-refractivity contribution in [1.82, 2.24) is 4.31 Å². The van der Waals surface area contributed by atoms with Crippen LogP contribution >= 0.6 is 0 Å². The lowest BCUT2D eigenvalue weighted by Gasteiger charge is -2.27. The molecule has 0 radical (unpaired) electrons. The Balaban J connectivity index is 2.95. The zero-order chi connectivity index (χ0) is 14.7. The van der Waals surface area contributed by atoms with Gasteiger partial charge in [-0.1, -0.05) is 0 Å². The predicted molar refractivity (Wildman–Crippen MR) is 73.5 cm³/mol. The minimum absolute atomic E-state index is 0.192. The number of nitrogens with zero attached hydrogens (tertiary/aromatic N) is 1. The lowest BCUT2D eigenvalue weighted by atomic mass is 10.1. The summed E-state index contributed by atoms with van der Waals surface area (Å²) in [6, 6.07) is 6.15. The van der Waals surface area contributed by atoms with Gasteiger partial charge < -0.3 is 15.5 Å². The summed E-state index contributed by atoms with van der Waals surface area (Å²) in [5.41, 5.74) is -0.217. The first-order valence-electron chi connectivity index (χ1n) is 5.78. The number of aliphatic hydroxyl groups excluding tert-OH is 2. The van der Waals surface area contributed by atoms with Crippen molar-refractivity contribution in [2.75, 3.05) is 32.6 Å². The number of benzene rings is 1. The van der Waals surface area contributed by atoms with Gasteiger partial charge in [0, 0.05) is 19.8 Å². The normalized spacial score (nSPS) is 12.7. The van der Waals surface area contributed by atoms with E-state index in [0.29, 0.717) is 5.69 Å². The van der Waals surface area contributed by atoms with Crippen LogP contribution in [-0.2, 0) is 10.0 Å². The van der Waals surface area contributed by atoms with Crippen molar-refractivity contribution in [3.8, 4) is 0 Å². The minimum atomic E-state index is -3.44. The second-order valence-corrected chi connectivity index (χ2v) is 6.97. The molecule has 0 heterocycles. The van der Waals surface area contributed by atoms with Gasteiger partial charge in [0.15, 0.2) is 0 Å². The smallest absolute Gasteiger partial charge is 0.242 e. The number of hydrogen-bond acceptors (Lipinski definition) is 5. The fourth-order valence-corrected chi connectivity index (χ4v) is 2.30. The Bertz CT molecular complexity index is 507. The Morgan fingerprint density at radius 3 is 2.00 bits per heavy atom. The summed E-state index contributed by atoms with van der Waals surface area (Å²) in [4.78, 5) is 0.192. The lowest BCUT2D eigenvalue weighted by molar-refractivity contribution is 0.147. The molecule has 1 rings (SSSR count).